The standard InChI is InChI=1S/C14H16N2O2S/c1-3-18-13(17)12-10(2)16(14(19)15-12)9-11-7-5-4-6-8-11/h4-8H,3,9H2,1-2H3,(H,15,19). The summed E-state index contributed by atoms with van der Waals surface area (Å²) in [5.74, 6) is -0.363. The van der Waals surface area contributed by atoms with Crippen LogP contribution < -0.4 is 0 Å². The molecule has 0 unspecified atom stereocenters. The van der Waals surface area contributed by atoms with Crippen LogP contribution in [0.1, 0.15) is 28.7 Å². The highest BCUT2D eigenvalue weighted by Gasteiger charge is 2.16. The lowest BCUT2D eigenvalue weighted by atomic mass is 10.2. The van der Waals surface area contributed by atoms with Crippen LogP contribution in [0.2, 0.25) is 0 Å². The Morgan fingerprint density at radius 1 is 1.37 bits per heavy atom. The minimum atomic E-state index is -0.363. The first kappa shape index (κ1) is 13.5. The number of ether oxygens (including phenoxy) is 1. The Balaban J connectivity index is 2.32. The molecule has 4 nitrogen and oxygen atoms in total. The summed E-state index contributed by atoms with van der Waals surface area (Å²) in [5, 5.41) is 0. The van der Waals surface area contributed by atoms with Gasteiger partial charge in [0.2, 0.25) is 0 Å². The first-order valence-electron chi connectivity index (χ1n) is 6.14. The number of aromatic nitrogens is 2. The van der Waals surface area contributed by atoms with Gasteiger partial charge in [0.1, 0.15) is 5.69 Å². The molecule has 2 aromatic rings. The number of hydrogen-bond acceptors (Lipinski definition) is 3. The van der Waals surface area contributed by atoms with Crippen molar-refractivity contribution in [1.29, 1.82) is 0 Å². The lowest BCUT2D eigenvalue weighted by Crippen LogP contribution is -2.08. The van der Waals surface area contributed by atoms with E-state index in [1.54, 1.807) is 6.92 Å². The number of imidazole rings is 1. The van der Waals surface area contributed by atoms with Gasteiger partial charge in [-0.1, -0.05) is 30.3 Å². The molecule has 1 N–H and O–H groups in total. The number of rotatable bonds is 4. The van der Waals surface area contributed by atoms with Gasteiger partial charge in [0, 0.05) is 5.69 Å². The van der Waals surface area contributed by atoms with E-state index in [4.69, 9.17) is 17.0 Å². The number of esters is 1. The minimum Gasteiger partial charge on any atom is -0.461 e. The van der Waals surface area contributed by atoms with Crippen molar-refractivity contribution in [2.24, 2.45) is 0 Å². The molecule has 2 rings (SSSR count). The van der Waals surface area contributed by atoms with Crippen molar-refractivity contribution in [2.75, 3.05) is 6.61 Å². The molecule has 0 saturated carbocycles. The molecule has 0 bridgehead atoms. The summed E-state index contributed by atoms with van der Waals surface area (Å²) in [6.07, 6.45) is 0. The van der Waals surface area contributed by atoms with Gasteiger partial charge in [-0.25, -0.2) is 4.79 Å². The van der Waals surface area contributed by atoms with E-state index in [9.17, 15) is 4.79 Å². The quantitative estimate of drug-likeness (QED) is 0.689. The van der Waals surface area contributed by atoms with E-state index in [-0.39, 0.29) is 5.97 Å². The van der Waals surface area contributed by atoms with Crippen molar-refractivity contribution >= 4 is 18.2 Å². The maximum Gasteiger partial charge on any atom is 0.356 e. The number of H-pyrrole nitrogens is 1. The van der Waals surface area contributed by atoms with Crippen molar-refractivity contribution in [1.82, 2.24) is 9.55 Å². The zero-order chi connectivity index (χ0) is 13.8. The van der Waals surface area contributed by atoms with E-state index in [2.05, 4.69) is 4.98 Å². The second kappa shape index (κ2) is 5.84. The average Bonchev–Trinajstić information content (AvgIpc) is 2.68. The van der Waals surface area contributed by atoms with E-state index in [1.165, 1.54) is 0 Å². The van der Waals surface area contributed by atoms with Crippen molar-refractivity contribution in [3.8, 4) is 0 Å². The summed E-state index contributed by atoms with van der Waals surface area (Å²) in [5.41, 5.74) is 2.37. The minimum absolute atomic E-state index is 0.350. The third kappa shape index (κ3) is 2.93. The Morgan fingerprint density at radius 3 is 2.68 bits per heavy atom. The van der Waals surface area contributed by atoms with Crippen LogP contribution in [0.5, 0.6) is 0 Å². The molecule has 0 fully saturated rings. The van der Waals surface area contributed by atoms with E-state index in [0.717, 1.165) is 11.3 Å². The highest BCUT2D eigenvalue weighted by atomic mass is 32.1. The third-order valence-electron chi connectivity index (χ3n) is 2.91. The fourth-order valence-electron chi connectivity index (χ4n) is 1.91. The monoisotopic (exact) mass is 276 g/mol. The molecule has 0 aliphatic heterocycles. The molecule has 1 aromatic carbocycles. The van der Waals surface area contributed by atoms with Gasteiger partial charge in [-0.2, -0.15) is 0 Å². The molecular weight excluding hydrogens is 260 g/mol. The van der Waals surface area contributed by atoms with E-state index in [0.29, 0.717) is 23.6 Å². The summed E-state index contributed by atoms with van der Waals surface area (Å²) in [4.78, 5) is 14.7. The van der Waals surface area contributed by atoms with E-state index in [1.807, 2.05) is 41.8 Å². The normalized spacial score (nSPS) is 10.4. The molecule has 0 spiro atoms. The fourth-order valence-corrected chi connectivity index (χ4v) is 2.21. The number of aromatic amines is 1. The van der Waals surface area contributed by atoms with Gasteiger partial charge >= 0.3 is 5.97 Å². The van der Waals surface area contributed by atoms with Gasteiger partial charge in [-0.05, 0) is 31.6 Å². The topological polar surface area (TPSA) is 47.0 Å². The van der Waals surface area contributed by atoms with Gasteiger partial charge in [0.05, 0.1) is 13.2 Å². The molecule has 0 saturated heterocycles. The Kier molecular flexibility index (Phi) is 4.16. The molecule has 0 amide bonds. The first-order chi connectivity index (χ1) is 9.13. The molecular formula is C14H16N2O2S. The first-order valence-corrected chi connectivity index (χ1v) is 6.54. The maximum atomic E-state index is 11.8. The molecule has 100 valence electrons. The van der Waals surface area contributed by atoms with Gasteiger partial charge in [-0.15, -0.1) is 0 Å². The number of nitrogens with zero attached hydrogens (tertiary/aromatic N) is 1. The van der Waals surface area contributed by atoms with Crippen LogP contribution >= 0.6 is 12.2 Å². The second-order valence-electron chi connectivity index (χ2n) is 4.18. The van der Waals surface area contributed by atoms with Gasteiger partial charge in [-0.3, -0.25) is 0 Å². The lowest BCUT2D eigenvalue weighted by Gasteiger charge is -2.06. The summed E-state index contributed by atoms with van der Waals surface area (Å²) in [7, 11) is 0. The fraction of sp³-hybridized carbons (Fsp3) is 0.286. The van der Waals surface area contributed by atoms with Gasteiger partial charge in [0.15, 0.2) is 4.77 Å². The number of carbonyl (C=O) groups is 1. The number of carbonyl (C=O) groups excluding carboxylic acids is 1. The van der Waals surface area contributed by atoms with Crippen molar-refractivity contribution < 1.29 is 9.53 Å². The third-order valence-corrected chi connectivity index (χ3v) is 3.23. The molecule has 0 aliphatic rings. The molecule has 1 heterocycles. The Hall–Kier alpha value is -1.88. The van der Waals surface area contributed by atoms with Crippen molar-refractivity contribution in [3.05, 3.63) is 52.1 Å². The van der Waals surface area contributed by atoms with Crippen LogP contribution in [-0.2, 0) is 11.3 Å². The lowest BCUT2D eigenvalue weighted by molar-refractivity contribution is 0.0519. The smallest absolute Gasteiger partial charge is 0.356 e. The molecule has 0 radical (unpaired) electrons. The number of benzene rings is 1. The molecule has 1 aromatic heterocycles. The van der Waals surface area contributed by atoms with Gasteiger partial charge < -0.3 is 14.3 Å². The van der Waals surface area contributed by atoms with Crippen molar-refractivity contribution in [3.63, 3.8) is 0 Å². The van der Waals surface area contributed by atoms with E-state index < -0.39 is 0 Å². The highest BCUT2D eigenvalue weighted by Crippen LogP contribution is 2.12. The SMILES string of the molecule is CCOC(=O)c1[nH]c(=S)n(Cc2ccccc2)c1C. The summed E-state index contributed by atoms with van der Waals surface area (Å²) >= 11 is 5.26. The number of nitrogens with one attached hydrogen (secondary N) is 1. The largest absolute Gasteiger partial charge is 0.461 e. The van der Waals surface area contributed by atoms with Crippen LogP contribution in [0, 0.1) is 11.7 Å². The highest BCUT2D eigenvalue weighted by molar-refractivity contribution is 7.71. The van der Waals surface area contributed by atoms with Crippen LogP contribution in [0.25, 0.3) is 0 Å². The number of hydrogen-bond donors (Lipinski definition) is 1. The second-order valence-corrected chi connectivity index (χ2v) is 4.57. The summed E-state index contributed by atoms with van der Waals surface area (Å²) in [6.45, 7) is 4.63. The van der Waals surface area contributed by atoms with Gasteiger partial charge in [0.25, 0.3) is 0 Å². The molecule has 0 aliphatic carbocycles. The Morgan fingerprint density at radius 2 is 2.05 bits per heavy atom. The predicted octanol–water partition coefficient (Wildman–Crippen LogP) is 3.08. The van der Waals surface area contributed by atoms with Crippen LogP contribution in [0.3, 0.4) is 0 Å². The van der Waals surface area contributed by atoms with Crippen LogP contribution in [0.15, 0.2) is 30.3 Å². The molecule has 5 heteroatoms. The average molecular weight is 276 g/mol. The summed E-state index contributed by atoms with van der Waals surface area (Å²) in [6, 6.07) is 9.98. The molecule has 19 heavy (non-hydrogen) atoms. The Bertz CT molecular complexity index is 629. The zero-order valence-electron chi connectivity index (χ0n) is 11.0. The zero-order valence-corrected chi connectivity index (χ0v) is 11.8. The predicted molar refractivity (Wildman–Crippen MR) is 75.9 cm³/mol. The Labute approximate surface area is 117 Å². The van der Waals surface area contributed by atoms with Crippen LogP contribution in [-0.4, -0.2) is 22.1 Å². The maximum absolute atomic E-state index is 11.8. The summed E-state index contributed by atoms with van der Waals surface area (Å²) < 4.78 is 7.43. The van der Waals surface area contributed by atoms with Crippen LogP contribution in [0.4, 0.5) is 0 Å². The molecule has 0 atom stereocenters. The van der Waals surface area contributed by atoms with E-state index >= 15 is 0 Å². The van der Waals surface area contributed by atoms with Crippen molar-refractivity contribution in [2.45, 2.75) is 20.4 Å².